The highest BCUT2D eigenvalue weighted by Gasteiger charge is 2.39. The number of hydrogen-bond donors (Lipinski definition) is 0. The number of thiophene rings is 1. The lowest BCUT2D eigenvalue weighted by atomic mass is 9.93. The van der Waals surface area contributed by atoms with Crippen molar-refractivity contribution in [2.24, 2.45) is 5.92 Å². The van der Waals surface area contributed by atoms with Crippen LogP contribution in [0.4, 0.5) is 5.69 Å². The molecule has 0 spiro atoms. The third kappa shape index (κ3) is 4.01. The second-order valence-corrected chi connectivity index (χ2v) is 11.0. The van der Waals surface area contributed by atoms with Crippen molar-refractivity contribution in [3.8, 4) is 0 Å². The van der Waals surface area contributed by atoms with Crippen LogP contribution in [-0.4, -0.2) is 53.7 Å². The number of hydrogen-bond acceptors (Lipinski definition) is 5. The molecule has 2 aromatic carbocycles. The first-order valence-electron chi connectivity index (χ1n) is 12.6. The molecule has 0 bridgehead atoms. The number of piperidine rings is 2. The molecule has 2 saturated heterocycles. The molecule has 3 aliphatic heterocycles. The van der Waals surface area contributed by atoms with Gasteiger partial charge in [-0.15, -0.1) is 11.3 Å². The van der Waals surface area contributed by atoms with Crippen molar-refractivity contribution in [3.05, 3.63) is 64.5 Å². The smallest absolute Gasteiger partial charge is 0.264 e. The van der Waals surface area contributed by atoms with Crippen molar-refractivity contribution in [2.45, 2.75) is 38.6 Å². The lowest BCUT2D eigenvalue weighted by Crippen LogP contribution is -2.44. The van der Waals surface area contributed by atoms with Gasteiger partial charge in [-0.1, -0.05) is 24.3 Å². The molecule has 2 fully saturated rings. The van der Waals surface area contributed by atoms with Crippen molar-refractivity contribution in [2.75, 3.05) is 31.1 Å². The van der Waals surface area contributed by atoms with Gasteiger partial charge < -0.3 is 9.80 Å². The Bertz CT molecular complexity index is 1270. The number of fused-ring (bicyclic) bond motifs is 2. The molecule has 0 radical (unpaired) electrons. The molecule has 1 aromatic heterocycles. The van der Waals surface area contributed by atoms with E-state index in [0.29, 0.717) is 17.0 Å². The molecule has 0 N–H and O–H groups in total. The fraction of sp³-hybridized carbons (Fsp3) is 0.393. The van der Waals surface area contributed by atoms with Crippen LogP contribution in [0.1, 0.15) is 57.7 Å². The van der Waals surface area contributed by atoms with Gasteiger partial charge >= 0.3 is 0 Å². The van der Waals surface area contributed by atoms with Gasteiger partial charge in [0.2, 0.25) is 5.91 Å². The van der Waals surface area contributed by atoms with Gasteiger partial charge in [-0.2, -0.15) is 0 Å². The molecular formula is C28H29N3O3S. The summed E-state index contributed by atoms with van der Waals surface area (Å²) in [6.45, 7) is 3.50. The molecule has 3 amide bonds. The molecule has 35 heavy (non-hydrogen) atoms. The van der Waals surface area contributed by atoms with Crippen LogP contribution in [0.5, 0.6) is 0 Å². The lowest BCUT2D eigenvalue weighted by Gasteiger charge is -2.37. The van der Waals surface area contributed by atoms with Crippen molar-refractivity contribution >= 4 is 44.8 Å². The number of benzene rings is 2. The maximum atomic E-state index is 13.5. The van der Waals surface area contributed by atoms with Crippen LogP contribution >= 0.6 is 11.3 Å². The molecule has 3 aromatic rings. The summed E-state index contributed by atoms with van der Waals surface area (Å²) >= 11 is 1.62. The average Bonchev–Trinajstić information content (AvgIpc) is 3.43. The first-order chi connectivity index (χ1) is 17.1. The second kappa shape index (κ2) is 9.11. The lowest BCUT2D eigenvalue weighted by molar-refractivity contribution is -0.137. The van der Waals surface area contributed by atoms with E-state index in [1.54, 1.807) is 17.4 Å². The minimum Gasteiger partial charge on any atom is -0.371 e. The van der Waals surface area contributed by atoms with E-state index in [0.717, 1.165) is 72.5 Å². The molecule has 6 rings (SSSR count). The van der Waals surface area contributed by atoms with Crippen molar-refractivity contribution in [1.29, 1.82) is 0 Å². The summed E-state index contributed by atoms with van der Waals surface area (Å²) < 4.78 is 1.15. The predicted octanol–water partition coefficient (Wildman–Crippen LogP) is 4.93. The number of rotatable bonds is 4. The van der Waals surface area contributed by atoms with E-state index in [-0.39, 0.29) is 24.3 Å². The monoisotopic (exact) mass is 487 g/mol. The number of carbonyl (C=O) groups excluding carboxylic acids is 3. The largest absolute Gasteiger partial charge is 0.371 e. The Hall–Kier alpha value is -3.19. The highest BCUT2D eigenvalue weighted by atomic mass is 32.1. The third-order valence-electron chi connectivity index (χ3n) is 7.62. The summed E-state index contributed by atoms with van der Waals surface area (Å²) in [6.07, 6.45) is 5.00. The normalized spacial score (nSPS) is 19.0. The first kappa shape index (κ1) is 22.3. The van der Waals surface area contributed by atoms with Crippen LogP contribution in [0.15, 0.2) is 48.5 Å². The Balaban J connectivity index is 1.18. The van der Waals surface area contributed by atoms with Gasteiger partial charge in [0.15, 0.2) is 0 Å². The highest BCUT2D eigenvalue weighted by molar-refractivity contribution is 7.19. The van der Waals surface area contributed by atoms with Crippen LogP contribution in [0, 0.1) is 5.92 Å². The second-order valence-electron chi connectivity index (χ2n) is 9.79. The van der Waals surface area contributed by atoms with E-state index < -0.39 is 0 Å². The summed E-state index contributed by atoms with van der Waals surface area (Å²) in [6, 6.07) is 15.7. The number of carbonyl (C=O) groups is 3. The molecule has 0 saturated carbocycles. The molecular weight excluding hydrogens is 458 g/mol. The van der Waals surface area contributed by atoms with E-state index in [9.17, 15) is 14.4 Å². The fourth-order valence-electron chi connectivity index (χ4n) is 5.73. The van der Waals surface area contributed by atoms with Gasteiger partial charge in [0.1, 0.15) is 0 Å². The quantitative estimate of drug-likeness (QED) is 0.490. The zero-order valence-electron chi connectivity index (χ0n) is 19.7. The number of imide groups is 1. The predicted molar refractivity (Wildman–Crippen MR) is 138 cm³/mol. The molecule has 4 heterocycles. The Labute approximate surface area is 209 Å². The molecule has 0 aliphatic carbocycles. The molecule has 180 valence electrons. The number of likely N-dealkylation sites (tertiary alicyclic amines) is 1. The maximum absolute atomic E-state index is 13.5. The number of nitrogens with zero attached hydrogens (tertiary/aromatic N) is 3. The topological polar surface area (TPSA) is 60.9 Å². The zero-order valence-corrected chi connectivity index (χ0v) is 20.6. The van der Waals surface area contributed by atoms with Gasteiger partial charge in [0.05, 0.1) is 23.4 Å². The van der Waals surface area contributed by atoms with Crippen LogP contribution in [0.25, 0.3) is 10.1 Å². The Morgan fingerprint density at radius 1 is 0.886 bits per heavy atom. The summed E-state index contributed by atoms with van der Waals surface area (Å²) in [5.74, 6) is -0.0876. The standard InChI is InChI=1S/C28H29N3O3S/c32-26(30-13-4-1-5-14-30)19-11-15-29(16-12-19)23-9-6-8-22-25(23)28(34)31(27(22)33)18-21-17-20-7-2-3-10-24(20)35-21/h2-3,6-10,17,19H,1,4-5,11-16,18H2. The van der Waals surface area contributed by atoms with Gasteiger partial charge in [0.25, 0.3) is 11.8 Å². The van der Waals surface area contributed by atoms with Gasteiger partial charge in [-0.25, -0.2) is 0 Å². The van der Waals surface area contributed by atoms with Crippen molar-refractivity contribution in [1.82, 2.24) is 9.80 Å². The number of amides is 3. The van der Waals surface area contributed by atoms with Crippen LogP contribution < -0.4 is 4.90 Å². The molecule has 0 unspecified atom stereocenters. The minimum atomic E-state index is -0.223. The Morgan fingerprint density at radius 3 is 2.43 bits per heavy atom. The van der Waals surface area contributed by atoms with Crippen molar-refractivity contribution < 1.29 is 14.4 Å². The fourth-order valence-corrected chi connectivity index (χ4v) is 6.79. The van der Waals surface area contributed by atoms with E-state index in [1.165, 1.54) is 11.3 Å². The SMILES string of the molecule is O=C(C1CCN(c2cccc3c2C(=O)N(Cc2cc4ccccc4s2)C3=O)CC1)N1CCCCC1. The average molecular weight is 488 g/mol. The van der Waals surface area contributed by atoms with E-state index in [1.807, 2.05) is 29.2 Å². The molecule has 0 atom stereocenters. The summed E-state index contributed by atoms with van der Waals surface area (Å²) in [5.41, 5.74) is 1.82. The zero-order chi connectivity index (χ0) is 23.9. The molecule has 6 nitrogen and oxygen atoms in total. The number of anilines is 1. The Morgan fingerprint density at radius 2 is 1.66 bits per heavy atom. The summed E-state index contributed by atoms with van der Waals surface area (Å²) in [4.78, 5) is 46.3. The summed E-state index contributed by atoms with van der Waals surface area (Å²) in [7, 11) is 0. The molecule has 3 aliphatic rings. The van der Waals surface area contributed by atoms with Crippen molar-refractivity contribution in [3.63, 3.8) is 0 Å². The van der Waals surface area contributed by atoms with E-state index >= 15 is 0 Å². The minimum absolute atomic E-state index is 0.0582. The van der Waals surface area contributed by atoms with Crippen LogP contribution in [0.3, 0.4) is 0 Å². The maximum Gasteiger partial charge on any atom is 0.264 e. The van der Waals surface area contributed by atoms with Crippen LogP contribution in [0.2, 0.25) is 0 Å². The molecule has 7 heteroatoms. The van der Waals surface area contributed by atoms with Gasteiger partial charge in [-0.05, 0) is 61.8 Å². The van der Waals surface area contributed by atoms with Gasteiger partial charge in [0, 0.05) is 41.7 Å². The summed E-state index contributed by atoms with van der Waals surface area (Å²) in [5, 5.41) is 1.13. The third-order valence-corrected chi connectivity index (χ3v) is 8.72. The van der Waals surface area contributed by atoms with Crippen LogP contribution in [-0.2, 0) is 11.3 Å². The van der Waals surface area contributed by atoms with E-state index in [2.05, 4.69) is 23.1 Å². The first-order valence-corrected chi connectivity index (χ1v) is 13.4. The Kier molecular flexibility index (Phi) is 5.80. The van der Waals surface area contributed by atoms with Gasteiger partial charge in [-0.3, -0.25) is 19.3 Å². The highest BCUT2D eigenvalue weighted by Crippen LogP contribution is 2.36. The van der Waals surface area contributed by atoms with E-state index in [4.69, 9.17) is 0 Å².